The van der Waals surface area contributed by atoms with Crippen LogP contribution >= 0.6 is 0 Å². The Labute approximate surface area is 125 Å². The van der Waals surface area contributed by atoms with Crippen LogP contribution in [-0.2, 0) is 9.53 Å². The summed E-state index contributed by atoms with van der Waals surface area (Å²) in [6, 6.07) is 5.12. The predicted molar refractivity (Wildman–Crippen MR) is 78.9 cm³/mol. The lowest BCUT2D eigenvalue weighted by atomic mass is 10.1. The van der Waals surface area contributed by atoms with Gasteiger partial charge in [-0.25, -0.2) is 10.2 Å². The molecule has 9 nitrogen and oxygen atoms in total. The number of nitrogens with zero attached hydrogens (tertiary/aromatic N) is 2. The summed E-state index contributed by atoms with van der Waals surface area (Å²) in [6.07, 6.45) is -0.655. The molecule has 4 N–H and O–H groups in total. The van der Waals surface area contributed by atoms with E-state index >= 15 is 0 Å². The van der Waals surface area contributed by atoms with Gasteiger partial charge in [0, 0.05) is 12.3 Å². The number of hydrazine groups is 1. The van der Waals surface area contributed by atoms with E-state index < -0.39 is 6.09 Å². The average molecular weight is 302 g/mol. The number of nitriles is 1. The van der Waals surface area contributed by atoms with Gasteiger partial charge in [-0.15, -0.1) is 0 Å². The first-order valence-corrected chi connectivity index (χ1v) is 6.43. The Kier molecular flexibility index (Phi) is 4.43. The summed E-state index contributed by atoms with van der Waals surface area (Å²) in [5.74, 6) is 0.0249. The van der Waals surface area contributed by atoms with Crippen LogP contribution < -0.4 is 16.2 Å². The number of ether oxygens (including phenoxy) is 1. The quantitative estimate of drug-likeness (QED) is 0.632. The Balaban J connectivity index is 2.35. The summed E-state index contributed by atoms with van der Waals surface area (Å²) in [5.41, 5.74) is 6.21. The van der Waals surface area contributed by atoms with E-state index in [1.165, 1.54) is 13.0 Å². The van der Waals surface area contributed by atoms with E-state index in [4.69, 9.17) is 10.00 Å². The Hall–Kier alpha value is -3.28. The summed E-state index contributed by atoms with van der Waals surface area (Å²) in [5, 5.41) is 19.0. The molecular formula is C13H14N6O3. The Morgan fingerprint density at radius 2 is 2.23 bits per heavy atom. The van der Waals surface area contributed by atoms with E-state index in [1.54, 1.807) is 13.0 Å². The number of fused-ring (bicyclic) bond motifs is 1. The fourth-order valence-electron chi connectivity index (χ4n) is 1.85. The number of carbonyl (C=O) groups excluding carboxylic acids is 2. The number of nitrogens with one attached hydrogen (secondary N) is 4. The first-order valence-electron chi connectivity index (χ1n) is 6.43. The van der Waals surface area contributed by atoms with Crippen LogP contribution in [0.25, 0.3) is 10.9 Å². The molecule has 2 rings (SSSR count). The van der Waals surface area contributed by atoms with Crippen molar-refractivity contribution < 1.29 is 14.3 Å². The molecule has 0 saturated carbocycles. The number of aromatic nitrogens is 2. The third kappa shape index (κ3) is 3.24. The molecule has 1 aromatic carbocycles. The van der Waals surface area contributed by atoms with E-state index in [0.717, 1.165) is 0 Å². The molecule has 0 aliphatic heterocycles. The molecule has 114 valence electrons. The van der Waals surface area contributed by atoms with E-state index in [0.29, 0.717) is 28.0 Å². The predicted octanol–water partition coefficient (Wildman–Crippen LogP) is 1.47. The number of rotatable bonds is 4. The number of hydrogen-bond donors (Lipinski definition) is 4. The summed E-state index contributed by atoms with van der Waals surface area (Å²) in [7, 11) is 0. The van der Waals surface area contributed by atoms with Crippen LogP contribution in [0.4, 0.5) is 16.3 Å². The van der Waals surface area contributed by atoms with Crippen molar-refractivity contribution in [1.82, 2.24) is 15.6 Å². The lowest BCUT2D eigenvalue weighted by Crippen LogP contribution is -2.30. The van der Waals surface area contributed by atoms with Crippen LogP contribution in [0.15, 0.2) is 12.1 Å². The second kappa shape index (κ2) is 6.45. The molecule has 0 aliphatic rings. The first kappa shape index (κ1) is 15.1. The summed E-state index contributed by atoms with van der Waals surface area (Å²) in [4.78, 5) is 22.5. The maximum atomic E-state index is 11.3. The zero-order chi connectivity index (χ0) is 16.1. The van der Waals surface area contributed by atoms with Crippen molar-refractivity contribution in [2.75, 3.05) is 17.3 Å². The third-order valence-electron chi connectivity index (χ3n) is 2.67. The molecule has 0 bridgehead atoms. The minimum Gasteiger partial charge on any atom is -0.449 e. The highest BCUT2D eigenvalue weighted by Gasteiger charge is 2.13. The van der Waals surface area contributed by atoms with Crippen LogP contribution in [0.1, 0.15) is 19.4 Å². The maximum absolute atomic E-state index is 11.3. The monoisotopic (exact) mass is 302 g/mol. The van der Waals surface area contributed by atoms with Gasteiger partial charge in [0.25, 0.3) is 0 Å². The normalized spacial score (nSPS) is 9.86. The number of carbonyl (C=O) groups is 2. The van der Waals surface area contributed by atoms with Crippen LogP contribution in [0.2, 0.25) is 0 Å². The van der Waals surface area contributed by atoms with Crippen LogP contribution in [0, 0.1) is 11.3 Å². The van der Waals surface area contributed by atoms with Gasteiger partial charge in [-0.3, -0.25) is 15.3 Å². The van der Waals surface area contributed by atoms with Crippen LogP contribution in [0.5, 0.6) is 0 Å². The van der Waals surface area contributed by atoms with Crippen molar-refractivity contribution in [3.63, 3.8) is 0 Å². The van der Waals surface area contributed by atoms with Gasteiger partial charge >= 0.3 is 6.09 Å². The van der Waals surface area contributed by atoms with Gasteiger partial charge in [0.2, 0.25) is 5.91 Å². The third-order valence-corrected chi connectivity index (χ3v) is 2.67. The zero-order valence-electron chi connectivity index (χ0n) is 12.0. The van der Waals surface area contributed by atoms with E-state index in [-0.39, 0.29) is 12.5 Å². The Morgan fingerprint density at radius 1 is 1.45 bits per heavy atom. The highest BCUT2D eigenvalue weighted by molar-refractivity contribution is 6.04. The lowest BCUT2D eigenvalue weighted by molar-refractivity contribution is -0.114. The van der Waals surface area contributed by atoms with Crippen molar-refractivity contribution in [3.8, 4) is 6.07 Å². The minimum atomic E-state index is -0.655. The largest absolute Gasteiger partial charge is 0.449 e. The van der Waals surface area contributed by atoms with Crippen molar-refractivity contribution in [2.45, 2.75) is 13.8 Å². The second-order valence-electron chi connectivity index (χ2n) is 4.28. The van der Waals surface area contributed by atoms with Gasteiger partial charge < -0.3 is 10.1 Å². The van der Waals surface area contributed by atoms with Gasteiger partial charge in [0.05, 0.1) is 29.4 Å². The van der Waals surface area contributed by atoms with Crippen LogP contribution in [0.3, 0.4) is 0 Å². The first-order chi connectivity index (χ1) is 10.5. The molecule has 0 atom stereocenters. The molecule has 0 radical (unpaired) electrons. The molecule has 0 spiro atoms. The second-order valence-corrected chi connectivity index (χ2v) is 4.28. The molecule has 0 unspecified atom stereocenters. The minimum absolute atomic E-state index is 0.236. The maximum Gasteiger partial charge on any atom is 0.425 e. The molecule has 2 amide bonds. The standard InChI is InChI=1S/C13H14N6O3/c1-3-22-13(21)19-18-12-9-4-8(6-14)5-10(15-7(2)20)11(9)16-17-12/h4-5H,3H2,1-2H3,(H,15,20)(H,19,21)(H2,16,17,18). The van der Waals surface area contributed by atoms with E-state index in [1.807, 2.05) is 6.07 Å². The number of aromatic amines is 1. The smallest absolute Gasteiger partial charge is 0.425 e. The highest BCUT2D eigenvalue weighted by Crippen LogP contribution is 2.28. The number of H-pyrrole nitrogens is 1. The zero-order valence-corrected chi connectivity index (χ0v) is 12.0. The van der Waals surface area contributed by atoms with Gasteiger partial charge in [-0.05, 0) is 19.1 Å². The molecule has 0 aliphatic carbocycles. The molecule has 1 heterocycles. The summed E-state index contributed by atoms with van der Waals surface area (Å²) < 4.78 is 4.71. The van der Waals surface area contributed by atoms with Crippen LogP contribution in [-0.4, -0.2) is 28.8 Å². The van der Waals surface area contributed by atoms with Gasteiger partial charge in [-0.2, -0.15) is 10.4 Å². The molecule has 0 fully saturated rings. The number of anilines is 2. The topological polar surface area (TPSA) is 132 Å². The fourth-order valence-corrected chi connectivity index (χ4v) is 1.85. The molecule has 9 heteroatoms. The molecule has 2 aromatic rings. The molecule has 0 saturated heterocycles. The Morgan fingerprint density at radius 3 is 2.86 bits per heavy atom. The fraction of sp³-hybridized carbons (Fsp3) is 0.231. The lowest BCUT2D eigenvalue weighted by Gasteiger charge is -2.07. The average Bonchev–Trinajstić information content (AvgIpc) is 2.88. The molecule has 22 heavy (non-hydrogen) atoms. The summed E-state index contributed by atoms with van der Waals surface area (Å²) >= 11 is 0. The van der Waals surface area contributed by atoms with Gasteiger partial charge in [0.15, 0.2) is 5.82 Å². The SMILES string of the molecule is CCOC(=O)NNc1n[nH]c2c(NC(C)=O)cc(C#N)cc12. The Bertz CT molecular complexity index is 761. The van der Waals surface area contributed by atoms with Crippen molar-refractivity contribution >= 4 is 34.4 Å². The number of benzene rings is 1. The van der Waals surface area contributed by atoms with E-state index in [2.05, 4.69) is 26.4 Å². The molecule has 1 aromatic heterocycles. The number of amides is 2. The van der Waals surface area contributed by atoms with Gasteiger partial charge in [0.1, 0.15) is 0 Å². The number of hydrogen-bond acceptors (Lipinski definition) is 6. The molecular weight excluding hydrogens is 288 g/mol. The summed E-state index contributed by atoms with van der Waals surface area (Å²) in [6.45, 7) is 3.28. The van der Waals surface area contributed by atoms with E-state index in [9.17, 15) is 9.59 Å². The van der Waals surface area contributed by atoms with Crippen molar-refractivity contribution in [3.05, 3.63) is 17.7 Å². The highest BCUT2D eigenvalue weighted by atomic mass is 16.5. The van der Waals surface area contributed by atoms with Gasteiger partial charge in [-0.1, -0.05) is 0 Å². The van der Waals surface area contributed by atoms with Crippen molar-refractivity contribution in [1.29, 1.82) is 5.26 Å². The van der Waals surface area contributed by atoms with Crippen molar-refractivity contribution in [2.24, 2.45) is 0 Å².